The Morgan fingerprint density at radius 1 is 1.46 bits per heavy atom. The normalized spacial score (nSPS) is 20.9. The third-order valence-corrected chi connectivity index (χ3v) is 2.36. The van der Waals surface area contributed by atoms with Crippen LogP contribution in [0, 0.1) is 11.3 Å². The highest BCUT2D eigenvalue weighted by atomic mass is 16.5. The van der Waals surface area contributed by atoms with Crippen molar-refractivity contribution in [2.24, 2.45) is 0 Å². The Balaban J connectivity index is 2.35. The van der Waals surface area contributed by atoms with Gasteiger partial charge in [-0.15, -0.1) is 0 Å². The maximum atomic E-state index is 9.01. The molecule has 0 atom stereocenters. The molecule has 0 bridgehead atoms. The van der Waals surface area contributed by atoms with Gasteiger partial charge >= 0.3 is 0 Å². The molecule has 0 aliphatic carbocycles. The second kappa shape index (κ2) is 5.18. The summed E-state index contributed by atoms with van der Waals surface area (Å²) in [6.45, 7) is 2.18. The van der Waals surface area contributed by atoms with Crippen molar-refractivity contribution >= 4 is 0 Å². The Hall–Kier alpha value is -0.630. The predicted molar refractivity (Wildman–Crippen MR) is 48.1 cm³/mol. The van der Waals surface area contributed by atoms with Crippen molar-refractivity contribution in [2.75, 3.05) is 26.4 Å². The Morgan fingerprint density at radius 2 is 2.15 bits per heavy atom. The Morgan fingerprint density at radius 3 is 2.69 bits per heavy atom. The smallest absolute Gasteiger partial charge is 0.111 e. The summed E-state index contributed by atoms with van der Waals surface area (Å²) >= 11 is 0. The number of aliphatic hydroxyl groups excluding tert-OH is 1. The number of nitrogens with zero attached hydrogens (tertiary/aromatic N) is 1. The van der Waals surface area contributed by atoms with Gasteiger partial charge in [-0.25, -0.2) is 0 Å². The SMILES string of the molecule is N#CC1(NCCCO)CCOCC1. The number of nitrogens with one attached hydrogen (secondary N) is 1. The second-order valence-corrected chi connectivity index (χ2v) is 3.31. The maximum Gasteiger partial charge on any atom is 0.111 e. The van der Waals surface area contributed by atoms with Crippen molar-refractivity contribution in [2.45, 2.75) is 24.8 Å². The van der Waals surface area contributed by atoms with Gasteiger partial charge in [-0.3, -0.25) is 5.32 Å². The maximum absolute atomic E-state index is 9.01. The van der Waals surface area contributed by atoms with Crippen molar-refractivity contribution in [1.82, 2.24) is 5.32 Å². The molecule has 1 heterocycles. The van der Waals surface area contributed by atoms with Crippen LogP contribution in [0.2, 0.25) is 0 Å². The predicted octanol–water partition coefficient (Wildman–Crippen LogP) is 0.0312. The molecule has 74 valence electrons. The van der Waals surface area contributed by atoms with Gasteiger partial charge < -0.3 is 9.84 Å². The molecule has 1 rings (SSSR count). The molecule has 1 aliphatic heterocycles. The van der Waals surface area contributed by atoms with Crippen LogP contribution in [-0.4, -0.2) is 37.0 Å². The van der Waals surface area contributed by atoms with E-state index in [-0.39, 0.29) is 6.61 Å². The Bertz CT molecular complexity index is 183. The van der Waals surface area contributed by atoms with E-state index in [2.05, 4.69) is 11.4 Å². The molecule has 0 radical (unpaired) electrons. The van der Waals surface area contributed by atoms with Gasteiger partial charge in [0.15, 0.2) is 0 Å². The van der Waals surface area contributed by atoms with Crippen LogP contribution in [0.5, 0.6) is 0 Å². The van der Waals surface area contributed by atoms with E-state index in [0.717, 1.165) is 12.8 Å². The molecule has 4 nitrogen and oxygen atoms in total. The Labute approximate surface area is 78.5 Å². The van der Waals surface area contributed by atoms with Crippen LogP contribution in [0.25, 0.3) is 0 Å². The minimum Gasteiger partial charge on any atom is -0.396 e. The lowest BCUT2D eigenvalue weighted by Gasteiger charge is -2.31. The summed E-state index contributed by atoms with van der Waals surface area (Å²) in [5.74, 6) is 0. The number of hydrogen-bond acceptors (Lipinski definition) is 4. The van der Waals surface area contributed by atoms with Crippen LogP contribution in [0.1, 0.15) is 19.3 Å². The minimum absolute atomic E-state index is 0.172. The van der Waals surface area contributed by atoms with E-state index in [1.165, 1.54) is 0 Å². The first-order chi connectivity index (χ1) is 6.33. The van der Waals surface area contributed by atoms with Gasteiger partial charge in [0.1, 0.15) is 5.54 Å². The summed E-state index contributed by atoms with van der Waals surface area (Å²) in [5.41, 5.74) is -0.409. The molecule has 0 aromatic carbocycles. The van der Waals surface area contributed by atoms with E-state index in [1.807, 2.05) is 0 Å². The number of nitriles is 1. The fraction of sp³-hybridized carbons (Fsp3) is 0.889. The van der Waals surface area contributed by atoms with Crippen LogP contribution < -0.4 is 5.32 Å². The van der Waals surface area contributed by atoms with Crippen LogP contribution in [0.3, 0.4) is 0 Å². The van der Waals surface area contributed by atoms with Crippen molar-refractivity contribution in [3.05, 3.63) is 0 Å². The molecule has 0 aromatic rings. The van der Waals surface area contributed by atoms with Gasteiger partial charge in [-0.2, -0.15) is 5.26 Å². The third-order valence-electron chi connectivity index (χ3n) is 2.36. The summed E-state index contributed by atoms with van der Waals surface area (Å²) in [6.07, 6.45) is 2.19. The first-order valence-electron chi connectivity index (χ1n) is 4.68. The highest BCUT2D eigenvalue weighted by molar-refractivity contribution is 5.08. The average molecular weight is 184 g/mol. The molecule has 0 spiro atoms. The summed E-state index contributed by atoms with van der Waals surface area (Å²) in [6, 6.07) is 2.30. The molecule has 4 heteroatoms. The van der Waals surface area contributed by atoms with Gasteiger partial charge in [-0.05, 0) is 13.0 Å². The number of ether oxygens (including phenoxy) is 1. The Kier molecular flexibility index (Phi) is 4.16. The van der Waals surface area contributed by atoms with E-state index < -0.39 is 5.54 Å². The monoisotopic (exact) mass is 184 g/mol. The molecule has 1 aliphatic rings. The molecule has 0 unspecified atom stereocenters. The molecule has 0 amide bonds. The van der Waals surface area contributed by atoms with E-state index >= 15 is 0 Å². The fourth-order valence-corrected chi connectivity index (χ4v) is 1.45. The van der Waals surface area contributed by atoms with Gasteiger partial charge in [-0.1, -0.05) is 0 Å². The third kappa shape index (κ3) is 2.96. The average Bonchev–Trinajstić information content (AvgIpc) is 2.20. The number of rotatable bonds is 4. The fourth-order valence-electron chi connectivity index (χ4n) is 1.45. The van der Waals surface area contributed by atoms with E-state index in [4.69, 9.17) is 15.1 Å². The number of aliphatic hydroxyl groups is 1. The molecule has 1 saturated heterocycles. The van der Waals surface area contributed by atoms with Crippen LogP contribution in [0.15, 0.2) is 0 Å². The van der Waals surface area contributed by atoms with E-state index in [0.29, 0.717) is 26.2 Å². The van der Waals surface area contributed by atoms with Crippen molar-refractivity contribution < 1.29 is 9.84 Å². The second-order valence-electron chi connectivity index (χ2n) is 3.31. The quantitative estimate of drug-likeness (QED) is 0.605. The van der Waals surface area contributed by atoms with E-state index in [1.54, 1.807) is 0 Å². The highest BCUT2D eigenvalue weighted by Crippen LogP contribution is 2.19. The van der Waals surface area contributed by atoms with Crippen LogP contribution in [0.4, 0.5) is 0 Å². The lowest BCUT2D eigenvalue weighted by Crippen LogP contribution is -2.48. The minimum atomic E-state index is -0.409. The van der Waals surface area contributed by atoms with E-state index in [9.17, 15) is 0 Å². The zero-order chi connectivity index (χ0) is 9.57. The molecule has 1 fully saturated rings. The molecule has 2 N–H and O–H groups in total. The lowest BCUT2D eigenvalue weighted by atomic mass is 9.92. The first kappa shape index (κ1) is 10.5. The van der Waals surface area contributed by atoms with Crippen LogP contribution in [-0.2, 0) is 4.74 Å². The summed E-state index contributed by atoms with van der Waals surface area (Å²) < 4.78 is 5.19. The lowest BCUT2D eigenvalue weighted by molar-refractivity contribution is 0.0575. The van der Waals surface area contributed by atoms with Gasteiger partial charge in [0.25, 0.3) is 0 Å². The molecular formula is C9H16N2O2. The topological polar surface area (TPSA) is 65.3 Å². The zero-order valence-corrected chi connectivity index (χ0v) is 7.75. The largest absolute Gasteiger partial charge is 0.396 e. The summed E-state index contributed by atoms with van der Waals surface area (Å²) in [7, 11) is 0. The van der Waals surface area contributed by atoms with Crippen molar-refractivity contribution in [3.63, 3.8) is 0 Å². The first-order valence-corrected chi connectivity index (χ1v) is 4.68. The summed E-state index contributed by atoms with van der Waals surface area (Å²) in [5, 5.41) is 20.8. The highest BCUT2D eigenvalue weighted by Gasteiger charge is 2.31. The molecule has 0 aromatic heterocycles. The van der Waals surface area contributed by atoms with Crippen molar-refractivity contribution in [3.8, 4) is 6.07 Å². The number of hydrogen-bond donors (Lipinski definition) is 2. The van der Waals surface area contributed by atoms with Crippen LogP contribution >= 0.6 is 0 Å². The van der Waals surface area contributed by atoms with Gasteiger partial charge in [0, 0.05) is 32.7 Å². The molecule has 0 saturated carbocycles. The molecule has 13 heavy (non-hydrogen) atoms. The van der Waals surface area contributed by atoms with Gasteiger partial charge in [0.05, 0.1) is 6.07 Å². The standard InChI is InChI=1S/C9H16N2O2/c10-8-9(11-4-1-5-12)2-6-13-7-3-9/h11-12H,1-7H2. The van der Waals surface area contributed by atoms with Crippen molar-refractivity contribution in [1.29, 1.82) is 5.26 Å². The molecular weight excluding hydrogens is 168 g/mol. The summed E-state index contributed by atoms with van der Waals surface area (Å²) in [4.78, 5) is 0. The zero-order valence-electron chi connectivity index (χ0n) is 7.75. The van der Waals surface area contributed by atoms with Gasteiger partial charge in [0.2, 0.25) is 0 Å².